The van der Waals surface area contributed by atoms with Gasteiger partial charge in [-0.15, -0.1) is 0 Å². The van der Waals surface area contributed by atoms with Crippen LogP contribution in [0.1, 0.15) is 41.6 Å². The van der Waals surface area contributed by atoms with Gasteiger partial charge in [0.1, 0.15) is 24.1 Å². The average molecular weight is 469 g/mol. The summed E-state index contributed by atoms with van der Waals surface area (Å²) in [7, 11) is 0. The summed E-state index contributed by atoms with van der Waals surface area (Å²) in [6.45, 7) is 4.13. The predicted molar refractivity (Wildman–Crippen MR) is 131 cm³/mol. The predicted octanol–water partition coefficient (Wildman–Crippen LogP) is 3.92. The van der Waals surface area contributed by atoms with Crippen LogP contribution in [0, 0.1) is 13.8 Å². The van der Waals surface area contributed by atoms with Crippen LogP contribution in [0.5, 0.6) is 0 Å². The van der Waals surface area contributed by atoms with E-state index in [9.17, 15) is 9.59 Å². The Morgan fingerprint density at radius 3 is 2.77 bits per heavy atom. The molecule has 0 saturated heterocycles. The number of benzene rings is 2. The van der Waals surface area contributed by atoms with Gasteiger partial charge in [0, 0.05) is 17.0 Å². The molecule has 0 spiro atoms. The molecule has 35 heavy (non-hydrogen) atoms. The van der Waals surface area contributed by atoms with Crippen molar-refractivity contribution in [2.75, 3.05) is 5.32 Å². The Hall–Kier alpha value is -4.27. The van der Waals surface area contributed by atoms with Gasteiger partial charge in [0.05, 0.1) is 11.8 Å². The van der Waals surface area contributed by atoms with E-state index in [2.05, 4.69) is 20.4 Å². The van der Waals surface area contributed by atoms with Gasteiger partial charge < -0.3 is 14.4 Å². The maximum atomic E-state index is 13.6. The van der Waals surface area contributed by atoms with Gasteiger partial charge in [0.2, 0.25) is 11.8 Å². The SMILES string of the molecule is Cc1ccc(NC(=O)Cn2c3ccccc3c3ncn(Cc4nc(C5CC5)no4)c(=O)c32)cc1C. The van der Waals surface area contributed by atoms with Crippen molar-refractivity contribution in [3.05, 3.63) is 82.0 Å². The molecule has 3 heterocycles. The van der Waals surface area contributed by atoms with Crippen molar-refractivity contribution in [3.8, 4) is 0 Å². The van der Waals surface area contributed by atoms with Gasteiger partial charge in [-0.2, -0.15) is 4.98 Å². The van der Waals surface area contributed by atoms with Crippen molar-refractivity contribution in [2.45, 2.75) is 45.7 Å². The number of fused-ring (bicyclic) bond motifs is 3. The average Bonchev–Trinajstić information content (AvgIpc) is 3.51. The number of carbonyl (C=O) groups is 1. The number of para-hydroxylation sites is 1. The summed E-state index contributed by atoms with van der Waals surface area (Å²) in [6.07, 6.45) is 3.63. The highest BCUT2D eigenvalue weighted by atomic mass is 16.5. The van der Waals surface area contributed by atoms with Crippen molar-refractivity contribution >= 4 is 33.5 Å². The molecule has 1 aliphatic carbocycles. The Morgan fingerprint density at radius 2 is 1.97 bits per heavy atom. The number of hydrogen-bond donors (Lipinski definition) is 1. The van der Waals surface area contributed by atoms with Crippen LogP contribution in [-0.2, 0) is 17.9 Å². The van der Waals surface area contributed by atoms with E-state index in [-0.39, 0.29) is 24.6 Å². The molecule has 0 aliphatic heterocycles. The standard InChI is InChI=1S/C26H24N6O3/c1-15-7-10-18(11-16(15)2)28-21(33)12-32-20-6-4-3-5-19(20)23-24(32)26(34)31(14-27-23)13-22-29-25(30-35-22)17-8-9-17/h3-7,10-11,14,17H,8-9,12-13H2,1-2H3,(H,28,33). The topological polar surface area (TPSA) is 108 Å². The quantitative estimate of drug-likeness (QED) is 0.405. The minimum atomic E-state index is -0.267. The first-order chi connectivity index (χ1) is 17.0. The van der Waals surface area contributed by atoms with E-state index in [1.54, 1.807) is 4.57 Å². The fraction of sp³-hybridized carbons (Fsp3) is 0.269. The van der Waals surface area contributed by atoms with Gasteiger partial charge in [-0.3, -0.25) is 14.2 Å². The molecule has 1 saturated carbocycles. The normalized spacial score (nSPS) is 13.5. The van der Waals surface area contributed by atoms with Crippen LogP contribution in [0.3, 0.4) is 0 Å². The lowest BCUT2D eigenvalue weighted by Crippen LogP contribution is -2.25. The molecule has 2 aromatic carbocycles. The third-order valence-electron chi connectivity index (χ3n) is 6.56. The zero-order valence-corrected chi connectivity index (χ0v) is 19.5. The molecule has 9 nitrogen and oxygen atoms in total. The van der Waals surface area contributed by atoms with E-state index < -0.39 is 0 Å². The van der Waals surface area contributed by atoms with Gasteiger partial charge >= 0.3 is 0 Å². The number of carbonyl (C=O) groups excluding carboxylic acids is 1. The van der Waals surface area contributed by atoms with E-state index in [0.29, 0.717) is 28.7 Å². The Morgan fingerprint density at radius 1 is 1.14 bits per heavy atom. The largest absolute Gasteiger partial charge is 0.337 e. The number of aryl methyl sites for hydroxylation is 2. The minimum Gasteiger partial charge on any atom is -0.337 e. The Bertz CT molecular complexity index is 1660. The molecule has 1 fully saturated rings. The molecule has 1 aliphatic rings. The molecule has 176 valence electrons. The number of nitrogens with one attached hydrogen (secondary N) is 1. The highest BCUT2D eigenvalue weighted by Gasteiger charge is 2.29. The molecule has 9 heteroatoms. The first-order valence-corrected chi connectivity index (χ1v) is 11.6. The number of rotatable bonds is 6. The van der Waals surface area contributed by atoms with Gasteiger partial charge in [-0.05, 0) is 56.0 Å². The number of anilines is 1. The summed E-state index contributed by atoms with van der Waals surface area (Å²) in [6, 6.07) is 13.4. The van der Waals surface area contributed by atoms with Crippen LogP contribution < -0.4 is 10.9 Å². The third-order valence-corrected chi connectivity index (χ3v) is 6.56. The lowest BCUT2D eigenvalue weighted by Gasteiger charge is -2.10. The summed E-state index contributed by atoms with van der Waals surface area (Å²) >= 11 is 0. The molecule has 1 amide bonds. The van der Waals surface area contributed by atoms with Crippen LogP contribution >= 0.6 is 0 Å². The number of aromatic nitrogens is 5. The van der Waals surface area contributed by atoms with Gasteiger partial charge in [-0.25, -0.2) is 4.98 Å². The van der Waals surface area contributed by atoms with E-state index in [0.717, 1.165) is 40.6 Å². The van der Waals surface area contributed by atoms with Crippen LogP contribution in [0.4, 0.5) is 5.69 Å². The summed E-state index contributed by atoms with van der Waals surface area (Å²) in [5.41, 5.74) is 4.40. The monoisotopic (exact) mass is 468 g/mol. The minimum absolute atomic E-state index is 0.0236. The van der Waals surface area contributed by atoms with Crippen molar-refractivity contribution in [1.29, 1.82) is 0 Å². The number of hydrogen-bond acceptors (Lipinski definition) is 6. The summed E-state index contributed by atoms with van der Waals surface area (Å²) in [4.78, 5) is 35.6. The van der Waals surface area contributed by atoms with Crippen LogP contribution in [-0.4, -0.2) is 30.2 Å². The fourth-order valence-electron chi connectivity index (χ4n) is 4.37. The lowest BCUT2D eigenvalue weighted by atomic mass is 10.1. The molecule has 6 rings (SSSR count). The highest BCUT2D eigenvalue weighted by Crippen LogP contribution is 2.38. The molecule has 0 atom stereocenters. The highest BCUT2D eigenvalue weighted by molar-refractivity contribution is 6.06. The van der Waals surface area contributed by atoms with Crippen LogP contribution in [0.2, 0.25) is 0 Å². The Kier molecular flexibility index (Phi) is 4.98. The van der Waals surface area contributed by atoms with Crippen molar-refractivity contribution in [2.24, 2.45) is 0 Å². The molecule has 0 radical (unpaired) electrons. The van der Waals surface area contributed by atoms with Crippen LogP contribution in [0.15, 0.2) is 58.1 Å². The second-order valence-corrected chi connectivity index (χ2v) is 9.15. The molecular formula is C26H24N6O3. The zero-order valence-electron chi connectivity index (χ0n) is 19.5. The van der Waals surface area contributed by atoms with E-state index >= 15 is 0 Å². The molecule has 0 unspecified atom stereocenters. The van der Waals surface area contributed by atoms with Gasteiger partial charge in [-0.1, -0.05) is 29.4 Å². The smallest absolute Gasteiger partial charge is 0.278 e. The van der Waals surface area contributed by atoms with Gasteiger partial charge in [0.25, 0.3) is 5.56 Å². The molecule has 3 aromatic heterocycles. The van der Waals surface area contributed by atoms with E-state index in [4.69, 9.17) is 4.52 Å². The number of amides is 1. The molecular weight excluding hydrogens is 444 g/mol. The first kappa shape index (κ1) is 21.3. The summed E-state index contributed by atoms with van der Waals surface area (Å²) < 4.78 is 8.54. The molecule has 5 aromatic rings. The Balaban J connectivity index is 1.38. The third kappa shape index (κ3) is 3.88. The van der Waals surface area contributed by atoms with Crippen molar-refractivity contribution in [1.82, 2.24) is 24.3 Å². The van der Waals surface area contributed by atoms with Gasteiger partial charge in [0.15, 0.2) is 5.82 Å². The fourth-order valence-corrected chi connectivity index (χ4v) is 4.37. The maximum absolute atomic E-state index is 13.6. The first-order valence-electron chi connectivity index (χ1n) is 11.6. The van der Waals surface area contributed by atoms with E-state index in [1.807, 2.05) is 56.3 Å². The van der Waals surface area contributed by atoms with Crippen molar-refractivity contribution in [3.63, 3.8) is 0 Å². The molecule has 0 bridgehead atoms. The van der Waals surface area contributed by atoms with Crippen molar-refractivity contribution < 1.29 is 9.32 Å². The van der Waals surface area contributed by atoms with E-state index in [1.165, 1.54) is 10.9 Å². The van der Waals surface area contributed by atoms with Crippen LogP contribution in [0.25, 0.3) is 21.9 Å². The molecule has 1 N–H and O–H groups in total. The second-order valence-electron chi connectivity index (χ2n) is 9.15. The summed E-state index contributed by atoms with van der Waals surface area (Å²) in [5.74, 6) is 1.20. The second kappa shape index (κ2) is 8.19. The summed E-state index contributed by atoms with van der Waals surface area (Å²) in [5, 5.41) is 7.80. The zero-order chi connectivity index (χ0) is 24.1. The lowest BCUT2D eigenvalue weighted by molar-refractivity contribution is -0.116. The number of nitrogens with zero attached hydrogens (tertiary/aromatic N) is 5. The maximum Gasteiger partial charge on any atom is 0.278 e. The Labute approximate surface area is 200 Å².